The molecule has 0 aromatic heterocycles. The minimum atomic E-state index is -0.713. The van der Waals surface area contributed by atoms with Crippen molar-refractivity contribution in [2.45, 2.75) is 31.8 Å². The van der Waals surface area contributed by atoms with Crippen molar-refractivity contribution in [3.8, 4) is 0 Å². The highest BCUT2D eigenvalue weighted by Crippen LogP contribution is 2.42. The Morgan fingerprint density at radius 1 is 1.42 bits per heavy atom. The molecule has 0 bridgehead atoms. The number of nitrogens with zero attached hydrogens (tertiary/aromatic N) is 1. The van der Waals surface area contributed by atoms with Crippen molar-refractivity contribution < 1.29 is 9.59 Å². The van der Waals surface area contributed by atoms with Crippen LogP contribution < -0.4 is 5.32 Å². The highest BCUT2D eigenvalue weighted by Gasteiger charge is 2.55. The topological polar surface area (TPSA) is 49.4 Å². The summed E-state index contributed by atoms with van der Waals surface area (Å²) < 4.78 is 0. The molecule has 4 nitrogen and oxygen atoms in total. The van der Waals surface area contributed by atoms with Gasteiger partial charge in [0, 0.05) is 5.02 Å². The van der Waals surface area contributed by atoms with E-state index in [2.05, 4.69) is 5.32 Å². The Hall–Kier alpha value is -1.55. The van der Waals surface area contributed by atoms with E-state index in [1.165, 1.54) is 4.90 Å². The fraction of sp³-hybridized carbons (Fsp3) is 0.429. The molecule has 19 heavy (non-hydrogen) atoms. The third-order valence-corrected chi connectivity index (χ3v) is 4.16. The summed E-state index contributed by atoms with van der Waals surface area (Å²) in [7, 11) is 0. The van der Waals surface area contributed by atoms with E-state index < -0.39 is 5.54 Å². The molecule has 2 fully saturated rings. The van der Waals surface area contributed by atoms with E-state index in [0.29, 0.717) is 5.02 Å². The summed E-state index contributed by atoms with van der Waals surface area (Å²) >= 11 is 5.92. The van der Waals surface area contributed by atoms with E-state index in [0.717, 1.165) is 18.4 Å². The highest BCUT2D eigenvalue weighted by molar-refractivity contribution is 6.30. The first-order valence-corrected chi connectivity index (χ1v) is 6.77. The molecule has 1 saturated heterocycles. The monoisotopic (exact) mass is 278 g/mol. The van der Waals surface area contributed by atoms with Crippen molar-refractivity contribution in [2.24, 2.45) is 5.92 Å². The van der Waals surface area contributed by atoms with Crippen LogP contribution in [-0.4, -0.2) is 22.4 Å². The maximum Gasteiger partial charge on any atom is 0.325 e. The van der Waals surface area contributed by atoms with Crippen molar-refractivity contribution in [3.63, 3.8) is 0 Å². The zero-order valence-electron chi connectivity index (χ0n) is 10.6. The molecule has 100 valence electrons. The van der Waals surface area contributed by atoms with Gasteiger partial charge in [0.25, 0.3) is 5.91 Å². The number of halogens is 1. The van der Waals surface area contributed by atoms with Gasteiger partial charge in [-0.1, -0.05) is 23.7 Å². The molecule has 1 aliphatic heterocycles. The fourth-order valence-electron chi connectivity index (χ4n) is 2.61. The summed E-state index contributed by atoms with van der Waals surface area (Å²) in [4.78, 5) is 25.7. The van der Waals surface area contributed by atoms with Gasteiger partial charge in [-0.2, -0.15) is 0 Å². The lowest BCUT2D eigenvalue weighted by atomic mass is 9.96. The molecule has 1 unspecified atom stereocenters. The molecule has 1 heterocycles. The van der Waals surface area contributed by atoms with E-state index in [-0.39, 0.29) is 24.4 Å². The van der Waals surface area contributed by atoms with Gasteiger partial charge in [-0.05, 0) is 43.4 Å². The second kappa shape index (κ2) is 4.23. The van der Waals surface area contributed by atoms with Crippen LogP contribution in [0.4, 0.5) is 4.79 Å². The molecule has 1 saturated carbocycles. The first-order chi connectivity index (χ1) is 9.00. The van der Waals surface area contributed by atoms with Crippen LogP contribution in [0.3, 0.4) is 0 Å². The molecular formula is C14H15ClN2O2. The molecule has 3 amide bonds. The Balaban J connectivity index is 1.81. The number of carbonyl (C=O) groups is 2. The van der Waals surface area contributed by atoms with Gasteiger partial charge >= 0.3 is 6.03 Å². The van der Waals surface area contributed by atoms with Gasteiger partial charge < -0.3 is 5.32 Å². The number of hydrogen-bond donors (Lipinski definition) is 1. The first kappa shape index (κ1) is 12.5. The molecule has 1 aromatic rings. The lowest BCUT2D eigenvalue weighted by molar-refractivity contribution is -0.131. The van der Waals surface area contributed by atoms with Crippen LogP contribution in [0.15, 0.2) is 24.3 Å². The average Bonchev–Trinajstić information content (AvgIpc) is 3.16. The van der Waals surface area contributed by atoms with Crippen LogP contribution in [0.2, 0.25) is 5.02 Å². The van der Waals surface area contributed by atoms with E-state index in [9.17, 15) is 9.59 Å². The SMILES string of the molecule is CC1(C2CC2)NC(=O)N(Cc2cccc(Cl)c2)C1=O. The Bertz CT molecular complexity index is 556. The Morgan fingerprint density at radius 2 is 2.16 bits per heavy atom. The number of hydrogen-bond acceptors (Lipinski definition) is 2. The van der Waals surface area contributed by atoms with E-state index in [1.807, 2.05) is 19.1 Å². The van der Waals surface area contributed by atoms with Crippen molar-refractivity contribution in [1.29, 1.82) is 0 Å². The van der Waals surface area contributed by atoms with Crippen LogP contribution in [0.25, 0.3) is 0 Å². The Morgan fingerprint density at radius 3 is 2.79 bits per heavy atom. The number of benzene rings is 1. The average molecular weight is 279 g/mol. The predicted molar refractivity (Wildman–Crippen MR) is 71.7 cm³/mol. The maximum absolute atomic E-state index is 12.4. The molecule has 5 heteroatoms. The van der Waals surface area contributed by atoms with Gasteiger partial charge in [0.1, 0.15) is 5.54 Å². The molecular weight excluding hydrogens is 264 g/mol. The maximum atomic E-state index is 12.4. The summed E-state index contributed by atoms with van der Waals surface area (Å²) in [6.45, 7) is 2.09. The van der Waals surface area contributed by atoms with E-state index >= 15 is 0 Å². The lowest BCUT2D eigenvalue weighted by Crippen LogP contribution is -2.46. The van der Waals surface area contributed by atoms with Crippen molar-refractivity contribution in [1.82, 2.24) is 10.2 Å². The van der Waals surface area contributed by atoms with Crippen LogP contribution in [0.1, 0.15) is 25.3 Å². The number of rotatable bonds is 3. The third kappa shape index (κ3) is 2.10. The van der Waals surface area contributed by atoms with Crippen molar-refractivity contribution >= 4 is 23.5 Å². The molecule has 1 N–H and O–H groups in total. The van der Waals surface area contributed by atoms with Crippen LogP contribution in [0.5, 0.6) is 0 Å². The number of urea groups is 1. The zero-order valence-corrected chi connectivity index (χ0v) is 11.4. The van der Waals surface area contributed by atoms with Crippen LogP contribution in [0, 0.1) is 5.92 Å². The van der Waals surface area contributed by atoms with Gasteiger partial charge in [-0.15, -0.1) is 0 Å². The summed E-state index contributed by atoms with van der Waals surface area (Å²) in [6.07, 6.45) is 2.01. The molecule has 1 atom stereocenters. The normalized spacial score (nSPS) is 26.7. The lowest BCUT2D eigenvalue weighted by Gasteiger charge is -2.21. The van der Waals surface area contributed by atoms with Gasteiger partial charge in [0.05, 0.1) is 6.54 Å². The first-order valence-electron chi connectivity index (χ1n) is 6.39. The third-order valence-electron chi connectivity index (χ3n) is 3.92. The minimum Gasteiger partial charge on any atom is -0.323 e. The number of imide groups is 1. The van der Waals surface area contributed by atoms with Gasteiger partial charge in [0.15, 0.2) is 0 Å². The summed E-state index contributed by atoms with van der Waals surface area (Å²) in [5, 5.41) is 3.44. The summed E-state index contributed by atoms with van der Waals surface area (Å²) in [5.41, 5.74) is 0.145. The van der Waals surface area contributed by atoms with Crippen molar-refractivity contribution in [2.75, 3.05) is 0 Å². The molecule has 1 aromatic carbocycles. The number of amides is 3. The molecule has 1 aliphatic carbocycles. The second-order valence-electron chi connectivity index (χ2n) is 5.43. The van der Waals surface area contributed by atoms with Crippen molar-refractivity contribution in [3.05, 3.63) is 34.9 Å². The standard InChI is InChI=1S/C14H15ClN2O2/c1-14(10-5-6-10)12(18)17(13(19)16-14)8-9-3-2-4-11(15)7-9/h2-4,7,10H,5-6,8H2,1H3,(H,16,19). The molecule has 2 aliphatic rings. The van der Waals surface area contributed by atoms with E-state index in [1.54, 1.807) is 12.1 Å². The molecule has 3 rings (SSSR count). The van der Waals surface area contributed by atoms with Gasteiger partial charge in [0.2, 0.25) is 0 Å². The molecule has 0 spiro atoms. The summed E-state index contributed by atoms with van der Waals surface area (Å²) in [5.74, 6) is 0.160. The van der Waals surface area contributed by atoms with Gasteiger partial charge in [-0.3, -0.25) is 9.69 Å². The Labute approximate surface area is 116 Å². The number of carbonyl (C=O) groups excluding carboxylic acids is 2. The predicted octanol–water partition coefficient (Wildman–Crippen LogP) is 2.56. The minimum absolute atomic E-state index is 0.125. The highest BCUT2D eigenvalue weighted by atomic mass is 35.5. The Kier molecular flexibility index (Phi) is 2.78. The van der Waals surface area contributed by atoms with Crippen LogP contribution in [-0.2, 0) is 11.3 Å². The quantitative estimate of drug-likeness (QED) is 0.864. The van der Waals surface area contributed by atoms with Crippen LogP contribution >= 0.6 is 11.6 Å². The van der Waals surface area contributed by atoms with E-state index in [4.69, 9.17) is 11.6 Å². The zero-order chi connectivity index (χ0) is 13.6. The second-order valence-corrected chi connectivity index (χ2v) is 5.86. The smallest absolute Gasteiger partial charge is 0.323 e. The van der Waals surface area contributed by atoms with Gasteiger partial charge in [-0.25, -0.2) is 4.79 Å². The largest absolute Gasteiger partial charge is 0.325 e. The number of nitrogens with one attached hydrogen (secondary N) is 1. The fourth-order valence-corrected chi connectivity index (χ4v) is 2.83. The summed E-state index contributed by atoms with van der Waals surface area (Å²) in [6, 6.07) is 6.91. The molecule has 0 radical (unpaired) electrons.